The summed E-state index contributed by atoms with van der Waals surface area (Å²) in [4.78, 5) is 34.9. The lowest BCUT2D eigenvalue weighted by atomic mass is 9.95. The summed E-state index contributed by atoms with van der Waals surface area (Å²) in [7, 11) is 0. The number of aliphatic carboxylic acids is 1. The number of nitrogens with one attached hydrogen (secondary N) is 2. The van der Waals surface area contributed by atoms with Crippen LogP contribution < -0.4 is 10.6 Å². The molecule has 0 radical (unpaired) electrons. The predicted molar refractivity (Wildman–Crippen MR) is 87.1 cm³/mol. The lowest BCUT2D eigenvalue weighted by Crippen LogP contribution is -2.28. The minimum absolute atomic E-state index is 0.114. The topological polar surface area (TPSA) is 95.5 Å². The number of carboxylic acids is 1. The van der Waals surface area contributed by atoms with Crippen LogP contribution in [0.15, 0.2) is 18.2 Å². The molecule has 1 fully saturated rings. The fourth-order valence-electron chi connectivity index (χ4n) is 2.14. The number of aryl methyl sites for hydroxylation is 1. The van der Waals surface area contributed by atoms with Gasteiger partial charge in [0.05, 0.1) is 11.8 Å². The van der Waals surface area contributed by atoms with Crippen LogP contribution in [0.4, 0.5) is 11.4 Å². The van der Waals surface area contributed by atoms with Crippen molar-refractivity contribution in [1.29, 1.82) is 0 Å². The number of carbonyl (C=O) groups is 3. The maximum Gasteiger partial charge on any atom is 0.307 e. The van der Waals surface area contributed by atoms with Gasteiger partial charge in [0.2, 0.25) is 11.8 Å². The van der Waals surface area contributed by atoms with E-state index in [9.17, 15) is 14.4 Å². The van der Waals surface area contributed by atoms with E-state index in [0.29, 0.717) is 17.8 Å². The number of carbonyl (C=O) groups excluding carboxylic acids is 2. The SMILES string of the molecule is Cc1ccc(NC(=O)[C@H]2C[C@H]2C(=O)O)cc1NC(=O)C(C)(C)C. The second-order valence-electron chi connectivity index (χ2n) is 7.01. The molecule has 0 heterocycles. The Kier molecular flexibility index (Phi) is 4.45. The number of hydrogen-bond acceptors (Lipinski definition) is 3. The zero-order valence-corrected chi connectivity index (χ0v) is 13.8. The summed E-state index contributed by atoms with van der Waals surface area (Å²) in [5.74, 6) is -2.40. The molecule has 6 heteroatoms. The minimum Gasteiger partial charge on any atom is -0.481 e. The predicted octanol–water partition coefficient (Wildman–Crippen LogP) is 2.64. The van der Waals surface area contributed by atoms with Crippen LogP contribution >= 0.6 is 0 Å². The highest BCUT2D eigenvalue weighted by Gasteiger charge is 2.48. The third kappa shape index (κ3) is 4.09. The smallest absolute Gasteiger partial charge is 0.307 e. The summed E-state index contributed by atoms with van der Waals surface area (Å²) in [6.07, 6.45) is 0.376. The van der Waals surface area contributed by atoms with E-state index >= 15 is 0 Å². The number of benzene rings is 1. The van der Waals surface area contributed by atoms with E-state index < -0.39 is 23.2 Å². The molecule has 0 unspecified atom stereocenters. The summed E-state index contributed by atoms with van der Waals surface area (Å²) < 4.78 is 0. The maximum absolute atomic E-state index is 12.1. The molecule has 0 spiro atoms. The Labute approximate surface area is 135 Å². The molecule has 6 nitrogen and oxygen atoms in total. The van der Waals surface area contributed by atoms with Gasteiger partial charge < -0.3 is 15.7 Å². The molecule has 3 N–H and O–H groups in total. The van der Waals surface area contributed by atoms with Crippen molar-refractivity contribution >= 4 is 29.2 Å². The highest BCUT2D eigenvalue weighted by Crippen LogP contribution is 2.39. The van der Waals surface area contributed by atoms with Crippen molar-refractivity contribution < 1.29 is 19.5 Å². The average molecular weight is 318 g/mol. The molecule has 0 aliphatic heterocycles. The second-order valence-corrected chi connectivity index (χ2v) is 7.01. The van der Waals surface area contributed by atoms with E-state index in [2.05, 4.69) is 10.6 Å². The van der Waals surface area contributed by atoms with E-state index in [1.165, 1.54) is 0 Å². The van der Waals surface area contributed by atoms with Crippen LogP contribution in [-0.4, -0.2) is 22.9 Å². The van der Waals surface area contributed by atoms with Crippen molar-refractivity contribution in [2.24, 2.45) is 17.3 Å². The lowest BCUT2D eigenvalue weighted by molar-refractivity contribution is -0.139. The van der Waals surface area contributed by atoms with E-state index in [1.807, 2.05) is 27.7 Å². The largest absolute Gasteiger partial charge is 0.481 e. The Morgan fingerprint density at radius 2 is 1.78 bits per heavy atom. The number of anilines is 2. The molecule has 1 aliphatic rings. The standard InChI is InChI=1S/C17H22N2O4/c1-9-5-6-10(7-13(9)19-16(23)17(2,3)4)18-14(20)11-8-12(11)15(21)22/h5-7,11-12H,8H2,1-4H3,(H,18,20)(H,19,23)(H,21,22)/t11-,12+/m0/s1. The van der Waals surface area contributed by atoms with Gasteiger partial charge in [-0.1, -0.05) is 26.8 Å². The van der Waals surface area contributed by atoms with Crippen LogP contribution in [0, 0.1) is 24.2 Å². The summed E-state index contributed by atoms with van der Waals surface area (Å²) in [5.41, 5.74) is 1.54. The first-order valence-corrected chi connectivity index (χ1v) is 7.55. The van der Waals surface area contributed by atoms with E-state index in [4.69, 9.17) is 5.11 Å². The first-order valence-electron chi connectivity index (χ1n) is 7.55. The normalized spacial score (nSPS) is 19.8. The highest BCUT2D eigenvalue weighted by atomic mass is 16.4. The fourth-order valence-corrected chi connectivity index (χ4v) is 2.14. The molecule has 0 saturated heterocycles. The van der Waals surface area contributed by atoms with Gasteiger partial charge in [0.1, 0.15) is 0 Å². The Bertz CT molecular complexity index is 661. The van der Waals surface area contributed by atoms with Crippen molar-refractivity contribution in [2.75, 3.05) is 10.6 Å². The number of hydrogen-bond donors (Lipinski definition) is 3. The van der Waals surface area contributed by atoms with Crippen LogP contribution in [-0.2, 0) is 14.4 Å². The Balaban J connectivity index is 2.07. The monoisotopic (exact) mass is 318 g/mol. The van der Waals surface area contributed by atoms with E-state index in [-0.39, 0.29) is 11.8 Å². The van der Waals surface area contributed by atoms with Gasteiger partial charge in [0, 0.05) is 16.8 Å². The Morgan fingerprint density at radius 3 is 2.30 bits per heavy atom. The Morgan fingerprint density at radius 1 is 1.13 bits per heavy atom. The summed E-state index contributed by atoms with van der Waals surface area (Å²) in [6, 6.07) is 5.22. The van der Waals surface area contributed by atoms with Crippen molar-refractivity contribution in [3.8, 4) is 0 Å². The number of carboxylic acid groups (broad SMARTS) is 1. The molecular formula is C17H22N2O4. The molecule has 1 aliphatic carbocycles. The van der Waals surface area contributed by atoms with Gasteiger partial charge in [-0.15, -0.1) is 0 Å². The van der Waals surface area contributed by atoms with Crippen molar-refractivity contribution in [3.63, 3.8) is 0 Å². The van der Waals surface area contributed by atoms with Crippen molar-refractivity contribution in [2.45, 2.75) is 34.1 Å². The molecule has 23 heavy (non-hydrogen) atoms. The molecule has 2 rings (SSSR count). The summed E-state index contributed by atoms with van der Waals surface area (Å²) >= 11 is 0. The van der Waals surface area contributed by atoms with E-state index in [0.717, 1.165) is 5.56 Å². The summed E-state index contributed by atoms with van der Waals surface area (Å²) in [6.45, 7) is 7.33. The number of amides is 2. The maximum atomic E-state index is 12.1. The van der Waals surface area contributed by atoms with Gasteiger partial charge in [0.15, 0.2) is 0 Å². The van der Waals surface area contributed by atoms with E-state index in [1.54, 1.807) is 18.2 Å². The van der Waals surface area contributed by atoms with Crippen LogP contribution in [0.5, 0.6) is 0 Å². The number of rotatable bonds is 4. The zero-order chi connectivity index (χ0) is 17.4. The van der Waals surface area contributed by atoms with Gasteiger partial charge in [0.25, 0.3) is 0 Å². The molecule has 1 aromatic rings. The zero-order valence-electron chi connectivity index (χ0n) is 13.8. The minimum atomic E-state index is -0.938. The molecular weight excluding hydrogens is 296 g/mol. The van der Waals surface area contributed by atoms with Crippen LogP contribution in [0.3, 0.4) is 0 Å². The van der Waals surface area contributed by atoms with Crippen LogP contribution in [0.2, 0.25) is 0 Å². The first kappa shape index (κ1) is 17.0. The third-order valence-electron chi connectivity index (χ3n) is 3.88. The summed E-state index contributed by atoms with van der Waals surface area (Å²) in [5, 5.41) is 14.4. The van der Waals surface area contributed by atoms with Crippen molar-refractivity contribution in [3.05, 3.63) is 23.8 Å². The quantitative estimate of drug-likeness (QED) is 0.795. The first-order chi connectivity index (χ1) is 10.6. The molecule has 2 amide bonds. The van der Waals surface area contributed by atoms with Gasteiger partial charge in [-0.25, -0.2) is 0 Å². The molecule has 124 valence electrons. The average Bonchev–Trinajstić information content (AvgIpc) is 3.22. The van der Waals surface area contributed by atoms with Crippen molar-refractivity contribution in [1.82, 2.24) is 0 Å². The second kappa shape index (κ2) is 6.02. The molecule has 1 saturated carbocycles. The van der Waals surface area contributed by atoms with Gasteiger partial charge in [-0.05, 0) is 31.0 Å². The molecule has 2 atom stereocenters. The lowest BCUT2D eigenvalue weighted by Gasteiger charge is -2.19. The van der Waals surface area contributed by atoms with Gasteiger partial charge in [-0.3, -0.25) is 14.4 Å². The van der Waals surface area contributed by atoms with Gasteiger partial charge >= 0.3 is 5.97 Å². The van der Waals surface area contributed by atoms with Crippen LogP contribution in [0.1, 0.15) is 32.8 Å². The fraction of sp³-hybridized carbons (Fsp3) is 0.471. The Hall–Kier alpha value is -2.37. The van der Waals surface area contributed by atoms with Crippen LogP contribution in [0.25, 0.3) is 0 Å². The molecule has 0 aromatic heterocycles. The molecule has 1 aromatic carbocycles. The molecule has 0 bridgehead atoms. The third-order valence-corrected chi connectivity index (χ3v) is 3.88. The highest BCUT2D eigenvalue weighted by molar-refractivity contribution is 6.00. The van der Waals surface area contributed by atoms with Gasteiger partial charge in [-0.2, -0.15) is 0 Å².